The van der Waals surface area contributed by atoms with E-state index in [-0.39, 0.29) is 5.60 Å². The molecule has 0 aliphatic carbocycles. The second kappa shape index (κ2) is 6.24. The fourth-order valence-electron chi connectivity index (χ4n) is 3.46. The molecular formula is C17H29N5O. The summed E-state index contributed by atoms with van der Waals surface area (Å²) in [4.78, 5) is 16.2. The second-order valence-corrected chi connectivity index (χ2v) is 7.21. The monoisotopic (exact) mass is 319 g/mol. The zero-order valence-corrected chi connectivity index (χ0v) is 15.1. The zero-order chi connectivity index (χ0) is 16.6. The Balaban J connectivity index is 1.86. The first-order chi connectivity index (χ1) is 10.9. The predicted molar refractivity (Wildman–Crippen MR) is 93.5 cm³/mol. The zero-order valence-electron chi connectivity index (χ0n) is 15.1. The van der Waals surface area contributed by atoms with Crippen LogP contribution in [0.3, 0.4) is 0 Å². The van der Waals surface area contributed by atoms with Crippen molar-refractivity contribution in [1.82, 2.24) is 14.9 Å². The largest absolute Gasteiger partial charge is 0.371 e. The van der Waals surface area contributed by atoms with E-state index in [1.54, 1.807) is 0 Å². The van der Waals surface area contributed by atoms with Gasteiger partial charge in [0.25, 0.3) is 0 Å². The first kappa shape index (κ1) is 16.5. The van der Waals surface area contributed by atoms with Gasteiger partial charge in [-0.2, -0.15) is 4.98 Å². The summed E-state index contributed by atoms with van der Waals surface area (Å²) >= 11 is 0. The topological polar surface area (TPSA) is 44.7 Å². The van der Waals surface area contributed by atoms with E-state index in [1.807, 2.05) is 19.0 Å². The average Bonchev–Trinajstić information content (AvgIpc) is 2.53. The highest BCUT2D eigenvalue weighted by molar-refractivity contribution is 5.53. The number of ether oxygens (including phenoxy) is 1. The molecule has 0 unspecified atom stereocenters. The molecule has 0 saturated carbocycles. The summed E-state index contributed by atoms with van der Waals surface area (Å²) in [7, 11) is 6.17. The van der Waals surface area contributed by atoms with E-state index < -0.39 is 0 Å². The quantitative estimate of drug-likeness (QED) is 0.822. The summed E-state index contributed by atoms with van der Waals surface area (Å²) in [5.74, 6) is 1.86. The van der Waals surface area contributed by atoms with Crippen LogP contribution in [0.4, 0.5) is 11.8 Å². The third-order valence-electron chi connectivity index (χ3n) is 5.20. The van der Waals surface area contributed by atoms with Crippen LogP contribution in [0.2, 0.25) is 0 Å². The summed E-state index contributed by atoms with van der Waals surface area (Å²) < 4.78 is 6.23. The molecule has 0 aromatic carbocycles. The normalized spacial score (nSPS) is 21.7. The lowest BCUT2D eigenvalue weighted by Gasteiger charge is -2.47. The molecule has 0 bridgehead atoms. The van der Waals surface area contributed by atoms with Gasteiger partial charge in [0, 0.05) is 51.5 Å². The smallest absolute Gasteiger partial charge is 0.227 e. The summed E-state index contributed by atoms with van der Waals surface area (Å²) in [6, 6.07) is 0. The molecule has 6 heteroatoms. The number of morpholine rings is 1. The van der Waals surface area contributed by atoms with E-state index >= 15 is 0 Å². The lowest BCUT2D eigenvalue weighted by atomic mass is 9.89. The Bertz CT molecular complexity index is 566. The second-order valence-electron chi connectivity index (χ2n) is 7.21. The number of hydrogen-bond donors (Lipinski definition) is 0. The maximum absolute atomic E-state index is 6.23. The Morgan fingerprint density at radius 3 is 2.43 bits per heavy atom. The van der Waals surface area contributed by atoms with Gasteiger partial charge < -0.3 is 19.4 Å². The van der Waals surface area contributed by atoms with Crippen molar-refractivity contribution in [2.45, 2.75) is 32.3 Å². The van der Waals surface area contributed by atoms with Crippen molar-refractivity contribution < 1.29 is 4.74 Å². The molecule has 0 N–H and O–H groups in total. The third kappa shape index (κ3) is 3.28. The molecular weight excluding hydrogens is 290 g/mol. The van der Waals surface area contributed by atoms with Gasteiger partial charge in [0.05, 0.1) is 12.2 Å². The van der Waals surface area contributed by atoms with Crippen LogP contribution in [0.25, 0.3) is 0 Å². The molecule has 2 fully saturated rings. The van der Waals surface area contributed by atoms with Crippen LogP contribution in [-0.4, -0.2) is 74.4 Å². The van der Waals surface area contributed by atoms with Crippen LogP contribution < -0.4 is 9.80 Å². The van der Waals surface area contributed by atoms with E-state index in [1.165, 1.54) is 5.56 Å². The van der Waals surface area contributed by atoms with Crippen LogP contribution in [0.1, 0.15) is 24.1 Å². The third-order valence-corrected chi connectivity index (χ3v) is 5.20. The van der Waals surface area contributed by atoms with Gasteiger partial charge in [-0.3, -0.25) is 0 Å². The molecule has 1 aromatic heterocycles. The minimum absolute atomic E-state index is 0.00562. The van der Waals surface area contributed by atoms with Crippen molar-refractivity contribution in [2.75, 3.05) is 63.7 Å². The molecule has 128 valence electrons. The molecule has 3 heterocycles. The summed E-state index contributed by atoms with van der Waals surface area (Å²) in [5.41, 5.74) is 2.23. The van der Waals surface area contributed by atoms with E-state index in [4.69, 9.17) is 9.72 Å². The predicted octanol–water partition coefficient (Wildman–Crippen LogP) is 1.46. The molecule has 0 radical (unpaired) electrons. The van der Waals surface area contributed by atoms with Gasteiger partial charge in [-0.1, -0.05) is 0 Å². The Hall–Kier alpha value is -1.40. The van der Waals surface area contributed by atoms with E-state index in [2.05, 4.69) is 35.7 Å². The maximum atomic E-state index is 6.23. The summed E-state index contributed by atoms with van der Waals surface area (Å²) in [6.45, 7) is 9.04. The number of likely N-dealkylation sites (tertiary alicyclic amines) is 1. The van der Waals surface area contributed by atoms with Crippen molar-refractivity contribution >= 4 is 11.8 Å². The van der Waals surface area contributed by atoms with Crippen LogP contribution >= 0.6 is 0 Å². The van der Waals surface area contributed by atoms with E-state index in [0.717, 1.165) is 63.1 Å². The van der Waals surface area contributed by atoms with Crippen molar-refractivity contribution in [3.05, 3.63) is 11.3 Å². The highest BCUT2D eigenvalue weighted by Crippen LogP contribution is 2.33. The Morgan fingerprint density at radius 1 is 1.09 bits per heavy atom. The highest BCUT2D eigenvalue weighted by Gasteiger charge is 2.39. The Morgan fingerprint density at radius 2 is 1.78 bits per heavy atom. The van der Waals surface area contributed by atoms with Crippen LogP contribution in [-0.2, 0) is 4.74 Å². The first-order valence-electron chi connectivity index (χ1n) is 8.50. The molecule has 23 heavy (non-hydrogen) atoms. The minimum Gasteiger partial charge on any atom is -0.371 e. The van der Waals surface area contributed by atoms with Gasteiger partial charge >= 0.3 is 0 Å². The van der Waals surface area contributed by atoms with Crippen LogP contribution in [0.15, 0.2) is 0 Å². The van der Waals surface area contributed by atoms with E-state index in [9.17, 15) is 0 Å². The van der Waals surface area contributed by atoms with Gasteiger partial charge in [-0.25, -0.2) is 4.98 Å². The van der Waals surface area contributed by atoms with Crippen LogP contribution in [0, 0.1) is 13.8 Å². The van der Waals surface area contributed by atoms with Gasteiger partial charge in [-0.15, -0.1) is 0 Å². The van der Waals surface area contributed by atoms with Gasteiger partial charge in [0.2, 0.25) is 5.95 Å². The molecule has 3 rings (SSSR count). The van der Waals surface area contributed by atoms with Crippen molar-refractivity contribution in [3.8, 4) is 0 Å². The lowest BCUT2D eigenvalue weighted by molar-refractivity contribution is -0.0885. The van der Waals surface area contributed by atoms with E-state index in [0.29, 0.717) is 0 Å². The lowest BCUT2D eigenvalue weighted by Crippen LogP contribution is -2.56. The minimum atomic E-state index is -0.00562. The molecule has 6 nitrogen and oxygen atoms in total. The molecule has 1 spiro atoms. The number of anilines is 2. The molecule has 2 aliphatic rings. The van der Waals surface area contributed by atoms with Gasteiger partial charge in [0.1, 0.15) is 5.82 Å². The number of aryl methyl sites for hydroxylation is 1. The Labute approximate surface area is 139 Å². The molecule has 2 saturated heterocycles. The summed E-state index contributed by atoms with van der Waals surface area (Å²) in [6.07, 6.45) is 2.20. The highest BCUT2D eigenvalue weighted by atomic mass is 16.5. The first-order valence-corrected chi connectivity index (χ1v) is 8.50. The summed E-state index contributed by atoms with van der Waals surface area (Å²) in [5, 5.41) is 0. The van der Waals surface area contributed by atoms with Crippen molar-refractivity contribution in [3.63, 3.8) is 0 Å². The number of nitrogens with zero attached hydrogens (tertiary/aromatic N) is 5. The maximum Gasteiger partial charge on any atom is 0.227 e. The number of aromatic nitrogens is 2. The Kier molecular flexibility index (Phi) is 4.47. The fourth-order valence-corrected chi connectivity index (χ4v) is 3.46. The van der Waals surface area contributed by atoms with Gasteiger partial charge in [-0.05, 0) is 33.7 Å². The molecule has 0 atom stereocenters. The molecule has 1 aromatic rings. The molecule has 0 amide bonds. The fraction of sp³-hybridized carbons (Fsp3) is 0.765. The molecule has 2 aliphatic heterocycles. The van der Waals surface area contributed by atoms with Crippen molar-refractivity contribution in [1.29, 1.82) is 0 Å². The van der Waals surface area contributed by atoms with Gasteiger partial charge in [0.15, 0.2) is 0 Å². The number of piperidine rings is 1. The average molecular weight is 319 g/mol. The van der Waals surface area contributed by atoms with Crippen molar-refractivity contribution in [2.24, 2.45) is 0 Å². The number of hydrogen-bond acceptors (Lipinski definition) is 6. The standard InChI is InChI=1S/C17H29N5O/c1-13-14(2)18-16(20(3)4)19-15(13)22-10-11-23-17(12-22)6-8-21(5)9-7-17/h6-12H2,1-5H3. The van der Waals surface area contributed by atoms with Crippen LogP contribution in [0.5, 0.6) is 0 Å². The SMILES string of the molecule is Cc1nc(N(C)C)nc(N2CCOC3(CCN(C)CC3)C2)c1C. The number of rotatable bonds is 2.